The molecule has 1 saturated heterocycles. The average Bonchev–Trinajstić information content (AvgIpc) is 2.87. The van der Waals surface area contributed by atoms with Crippen LogP contribution in [0.25, 0.3) is 0 Å². The van der Waals surface area contributed by atoms with Crippen LogP contribution in [0.3, 0.4) is 0 Å². The molecule has 2 unspecified atom stereocenters. The molecule has 1 aliphatic rings. The van der Waals surface area contributed by atoms with Crippen molar-refractivity contribution in [2.24, 2.45) is 11.7 Å². The summed E-state index contributed by atoms with van der Waals surface area (Å²) in [6.45, 7) is 3.55. The van der Waals surface area contributed by atoms with E-state index in [1.165, 1.54) is 6.07 Å². The van der Waals surface area contributed by atoms with Crippen molar-refractivity contribution in [3.8, 4) is 6.07 Å². The minimum Gasteiger partial charge on any atom is -0.356 e. The molecule has 100 valence electrons. The van der Waals surface area contributed by atoms with Crippen LogP contribution in [0, 0.1) is 27.4 Å². The van der Waals surface area contributed by atoms with Gasteiger partial charge in [-0.25, -0.2) is 4.98 Å². The first-order chi connectivity index (χ1) is 9.02. The fraction of sp³-hybridized carbons (Fsp3) is 0.500. The third-order valence-corrected chi connectivity index (χ3v) is 3.45. The van der Waals surface area contributed by atoms with E-state index in [2.05, 4.69) is 4.98 Å². The first kappa shape index (κ1) is 13.2. The van der Waals surface area contributed by atoms with Gasteiger partial charge in [0.05, 0.1) is 4.92 Å². The molecular formula is C12H15N5O2. The van der Waals surface area contributed by atoms with E-state index in [1.54, 1.807) is 12.1 Å². The Morgan fingerprint density at radius 3 is 2.95 bits per heavy atom. The van der Waals surface area contributed by atoms with Crippen molar-refractivity contribution in [2.75, 3.05) is 18.0 Å². The highest BCUT2D eigenvalue weighted by Crippen LogP contribution is 2.26. The minimum absolute atomic E-state index is 0.110. The summed E-state index contributed by atoms with van der Waals surface area (Å²) in [6, 6.07) is 4.80. The summed E-state index contributed by atoms with van der Waals surface area (Å²) < 4.78 is 0. The van der Waals surface area contributed by atoms with Gasteiger partial charge in [-0.2, -0.15) is 5.26 Å². The second-order valence-corrected chi connectivity index (χ2v) is 4.76. The van der Waals surface area contributed by atoms with Crippen molar-refractivity contribution in [1.29, 1.82) is 5.26 Å². The molecule has 7 heteroatoms. The van der Waals surface area contributed by atoms with Gasteiger partial charge in [0.15, 0.2) is 0 Å². The number of rotatable bonds is 3. The molecule has 0 aliphatic carbocycles. The molecule has 2 heterocycles. The van der Waals surface area contributed by atoms with Crippen LogP contribution in [0.5, 0.6) is 0 Å². The van der Waals surface area contributed by atoms with E-state index in [0.717, 1.165) is 19.5 Å². The van der Waals surface area contributed by atoms with E-state index in [-0.39, 0.29) is 17.4 Å². The van der Waals surface area contributed by atoms with Crippen LogP contribution in [0.4, 0.5) is 11.5 Å². The summed E-state index contributed by atoms with van der Waals surface area (Å²) >= 11 is 0. The maximum atomic E-state index is 10.7. The molecule has 0 saturated carbocycles. The number of aromatic nitrogens is 1. The summed E-state index contributed by atoms with van der Waals surface area (Å²) in [5.74, 6) is 0.993. The fourth-order valence-electron chi connectivity index (χ4n) is 2.27. The Bertz CT molecular complexity index is 537. The van der Waals surface area contributed by atoms with Gasteiger partial charge in [-0.15, -0.1) is 0 Å². The standard InChI is InChI=1S/C12H15N5O2/c1-8(14)9-4-5-16(7-9)12-3-2-11(17(18)19)10(6-13)15-12/h2-3,8-9H,4-5,7,14H2,1H3. The van der Waals surface area contributed by atoms with E-state index in [1.807, 2.05) is 11.8 Å². The van der Waals surface area contributed by atoms with Gasteiger partial charge in [0.25, 0.3) is 0 Å². The molecule has 2 N–H and O–H groups in total. The van der Waals surface area contributed by atoms with E-state index >= 15 is 0 Å². The van der Waals surface area contributed by atoms with Crippen molar-refractivity contribution in [2.45, 2.75) is 19.4 Å². The van der Waals surface area contributed by atoms with Crippen LogP contribution in [-0.2, 0) is 0 Å². The fourth-order valence-corrected chi connectivity index (χ4v) is 2.27. The molecule has 0 amide bonds. The predicted molar refractivity (Wildman–Crippen MR) is 69.6 cm³/mol. The largest absolute Gasteiger partial charge is 0.356 e. The number of pyridine rings is 1. The Morgan fingerprint density at radius 2 is 2.42 bits per heavy atom. The summed E-state index contributed by atoms with van der Waals surface area (Å²) in [5.41, 5.74) is 5.47. The Hall–Kier alpha value is -2.20. The van der Waals surface area contributed by atoms with Crippen molar-refractivity contribution < 1.29 is 4.92 Å². The zero-order valence-electron chi connectivity index (χ0n) is 10.6. The van der Waals surface area contributed by atoms with E-state index in [0.29, 0.717) is 11.7 Å². The lowest BCUT2D eigenvalue weighted by atomic mass is 10.0. The normalized spacial score (nSPS) is 20.1. The number of nitrogens with two attached hydrogens (primary N) is 1. The number of hydrogen-bond acceptors (Lipinski definition) is 6. The Kier molecular flexibility index (Phi) is 3.62. The molecule has 1 aromatic rings. The van der Waals surface area contributed by atoms with Crippen LogP contribution in [0.2, 0.25) is 0 Å². The number of nitriles is 1. The lowest BCUT2D eigenvalue weighted by molar-refractivity contribution is -0.385. The van der Waals surface area contributed by atoms with E-state index in [4.69, 9.17) is 11.0 Å². The lowest BCUT2D eigenvalue weighted by Gasteiger charge is -2.18. The van der Waals surface area contributed by atoms with Gasteiger partial charge < -0.3 is 10.6 Å². The molecule has 2 rings (SSSR count). The van der Waals surface area contributed by atoms with Gasteiger partial charge in [0, 0.05) is 25.2 Å². The maximum Gasteiger partial charge on any atom is 0.305 e. The zero-order chi connectivity index (χ0) is 14.0. The zero-order valence-corrected chi connectivity index (χ0v) is 10.6. The first-order valence-corrected chi connectivity index (χ1v) is 6.09. The highest BCUT2D eigenvalue weighted by molar-refractivity contribution is 5.52. The van der Waals surface area contributed by atoms with Crippen LogP contribution in [-0.4, -0.2) is 29.0 Å². The number of hydrogen-bond donors (Lipinski definition) is 1. The smallest absolute Gasteiger partial charge is 0.305 e. The average molecular weight is 261 g/mol. The van der Waals surface area contributed by atoms with Crippen LogP contribution in [0.1, 0.15) is 19.0 Å². The summed E-state index contributed by atoms with van der Waals surface area (Å²) in [7, 11) is 0. The third-order valence-electron chi connectivity index (χ3n) is 3.45. The van der Waals surface area contributed by atoms with Crippen LogP contribution in [0.15, 0.2) is 12.1 Å². The number of nitro groups is 1. The van der Waals surface area contributed by atoms with E-state index in [9.17, 15) is 10.1 Å². The van der Waals surface area contributed by atoms with Gasteiger partial charge in [-0.05, 0) is 25.3 Å². The van der Waals surface area contributed by atoms with Crippen molar-refractivity contribution in [1.82, 2.24) is 4.98 Å². The topological polar surface area (TPSA) is 109 Å². The van der Waals surface area contributed by atoms with E-state index < -0.39 is 4.92 Å². The molecule has 0 radical (unpaired) electrons. The first-order valence-electron chi connectivity index (χ1n) is 6.09. The quantitative estimate of drug-likeness (QED) is 0.643. The number of nitrogens with zero attached hydrogens (tertiary/aromatic N) is 4. The van der Waals surface area contributed by atoms with Gasteiger partial charge in [0.2, 0.25) is 5.69 Å². The molecule has 1 fully saturated rings. The number of anilines is 1. The molecule has 0 spiro atoms. The predicted octanol–water partition coefficient (Wildman–Crippen LogP) is 1.03. The van der Waals surface area contributed by atoms with Gasteiger partial charge >= 0.3 is 5.69 Å². The van der Waals surface area contributed by atoms with Crippen LogP contribution >= 0.6 is 0 Å². The van der Waals surface area contributed by atoms with Gasteiger partial charge in [-0.3, -0.25) is 10.1 Å². The Morgan fingerprint density at radius 1 is 1.68 bits per heavy atom. The van der Waals surface area contributed by atoms with Gasteiger partial charge in [0.1, 0.15) is 11.9 Å². The minimum atomic E-state index is -0.593. The van der Waals surface area contributed by atoms with Crippen molar-refractivity contribution in [3.05, 3.63) is 27.9 Å². The molecule has 2 atom stereocenters. The van der Waals surface area contributed by atoms with Crippen molar-refractivity contribution >= 4 is 11.5 Å². The highest BCUT2D eigenvalue weighted by atomic mass is 16.6. The molecular weight excluding hydrogens is 246 g/mol. The molecule has 1 aromatic heterocycles. The molecule has 1 aliphatic heterocycles. The molecule has 0 bridgehead atoms. The second kappa shape index (κ2) is 5.20. The van der Waals surface area contributed by atoms with Crippen molar-refractivity contribution in [3.63, 3.8) is 0 Å². The summed E-state index contributed by atoms with van der Waals surface area (Å²) in [4.78, 5) is 16.2. The summed E-state index contributed by atoms with van der Waals surface area (Å²) in [5, 5.41) is 19.7. The van der Waals surface area contributed by atoms with Gasteiger partial charge in [-0.1, -0.05) is 0 Å². The molecule has 19 heavy (non-hydrogen) atoms. The second-order valence-electron chi connectivity index (χ2n) is 4.76. The SMILES string of the molecule is CC(N)C1CCN(c2ccc([N+](=O)[O-])c(C#N)n2)C1. The Balaban J connectivity index is 2.24. The third kappa shape index (κ3) is 2.63. The maximum absolute atomic E-state index is 10.7. The monoisotopic (exact) mass is 261 g/mol. The highest BCUT2D eigenvalue weighted by Gasteiger charge is 2.27. The molecule has 0 aromatic carbocycles. The molecule has 7 nitrogen and oxygen atoms in total. The van der Waals surface area contributed by atoms with Crippen LogP contribution < -0.4 is 10.6 Å². The Labute approximate surface area is 110 Å². The summed E-state index contributed by atoms with van der Waals surface area (Å²) in [6.07, 6.45) is 0.970. The lowest BCUT2D eigenvalue weighted by Crippen LogP contribution is -2.30.